The largest absolute Gasteiger partial charge is 0.490 e. The molecule has 14 heteroatoms. The van der Waals surface area contributed by atoms with E-state index < -0.39 is 22.2 Å². The maximum Gasteiger partial charge on any atom is 0.490 e. The van der Waals surface area contributed by atoms with Gasteiger partial charge in [0, 0.05) is 24.5 Å². The van der Waals surface area contributed by atoms with Gasteiger partial charge in [-0.25, -0.2) is 22.9 Å². The number of carboxylic acids is 1. The summed E-state index contributed by atoms with van der Waals surface area (Å²) in [4.78, 5) is 18.5. The number of carboxylic acid groups (broad SMARTS) is 1. The number of halogens is 4. The standard InChI is InChI=1S/C25H30ClN5O2S.C2HF3O2/c26-21-6-2-4-8-23(21)34(32,33)28-16-18-11-9-17(10-12-18)15-27-25-30-22-7-3-1-5-20(22)24(31-25)29-19-13-14-19;3-2(4,5)1(6)7/h1-8,17-19,28H,9-16H2,(H2,27,29,30,31);(H,6,7). The first-order valence-electron chi connectivity index (χ1n) is 13.2. The molecule has 0 saturated heterocycles. The highest BCUT2D eigenvalue weighted by Crippen LogP contribution is 2.31. The molecular formula is C27H31ClF3N5O4S. The molecule has 5 rings (SSSR count). The normalized spacial score (nSPS) is 19.2. The van der Waals surface area contributed by atoms with Crippen LogP contribution in [0.15, 0.2) is 53.4 Å². The number of carbonyl (C=O) groups is 1. The molecule has 9 nitrogen and oxygen atoms in total. The Hall–Kier alpha value is -3.16. The van der Waals surface area contributed by atoms with Crippen LogP contribution >= 0.6 is 11.6 Å². The van der Waals surface area contributed by atoms with E-state index in [1.165, 1.54) is 18.9 Å². The molecule has 0 bridgehead atoms. The number of nitrogens with zero attached hydrogens (tertiary/aromatic N) is 2. The quantitative estimate of drug-likeness (QED) is 0.242. The Balaban J connectivity index is 0.000000493. The topological polar surface area (TPSA) is 133 Å². The first kappa shape index (κ1) is 30.8. The Labute approximate surface area is 241 Å². The van der Waals surface area contributed by atoms with Crippen molar-refractivity contribution < 1.29 is 31.5 Å². The number of hydrogen-bond acceptors (Lipinski definition) is 7. The van der Waals surface area contributed by atoms with Crippen molar-refractivity contribution in [2.75, 3.05) is 23.7 Å². The summed E-state index contributed by atoms with van der Waals surface area (Å²) >= 11 is 6.06. The van der Waals surface area contributed by atoms with Gasteiger partial charge in [0.15, 0.2) is 0 Å². The van der Waals surface area contributed by atoms with Gasteiger partial charge in [-0.05, 0) is 74.6 Å². The second-order valence-corrected chi connectivity index (χ2v) is 12.3. The molecule has 2 aliphatic carbocycles. The van der Waals surface area contributed by atoms with Crippen LogP contribution in [-0.4, -0.2) is 54.8 Å². The van der Waals surface area contributed by atoms with E-state index in [1.807, 2.05) is 18.2 Å². The molecule has 2 aromatic carbocycles. The molecule has 1 aromatic heterocycles. The highest BCUT2D eigenvalue weighted by molar-refractivity contribution is 7.89. The summed E-state index contributed by atoms with van der Waals surface area (Å²) in [5.74, 6) is -0.333. The lowest BCUT2D eigenvalue weighted by Gasteiger charge is -2.28. The minimum absolute atomic E-state index is 0.139. The molecule has 0 radical (unpaired) electrons. The van der Waals surface area contributed by atoms with Crippen molar-refractivity contribution >= 4 is 50.3 Å². The number of rotatable bonds is 9. The van der Waals surface area contributed by atoms with Crippen molar-refractivity contribution in [3.63, 3.8) is 0 Å². The van der Waals surface area contributed by atoms with Gasteiger partial charge in [0.1, 0.15) is 10.7 Å². The molecule has 0 amide bonds. The number of fused-ring (bicyclic) bond motifs is 1. The van der Waals surface area contributed by atoms with Crippen LogP contribution in [0.3, 0.4) is 0 Å². The van der Waals surface area contributed by atoms with Crippen LogP contribution in [0, 0.1) is 11.8 Å². The third-order valence-corrected chi connectivity index (χ3v) is 8.89. The summed E-state index contributed by atoms with van der Waals surface area (Å²) in [7, 11) is -3.59. The average molecular weight is 614 g/mol. The Kier molecular flexibility index (Phi) is 9.92. The van der Waals surface area contributed by atoms with Gasteiger partial charge in [-0.1, -0.05) is 35.9 Å². The number of para-hydroxylation sites is 1. The Morgan fingerprint density at radius 1 is 0.927 bits per heavy atom. The maximum absolute atomic E-state index is 12.6. The minimum Gasteiger partial charge on any atom is -0.475 e. The van der Waals surface area contributed by atoms with E-state index in [4.69, 9.17) is 31.5 Å². The molecular weight excluding hydrogens is 583 g/mol. The van der Waals surface area contributed by atoms with Crippen LogP contribution in [0.2, 0.25) is 5.02 Å². The first-order valence-corrected chi connectivity index (χ1v) is 15.1. The second-order valence-electron chi connectivity index (χ2n) is 10.2. The number of benzene rings is 2. The molecule has 0 spiro atoms. The highest BCUT2D eigenvalue weighted by Gasteiger charge is 2.38. The number of nitrogens with one attached hydrogen (secondary N) is 3. The zero-order chi connectivity index (χ0) is 29.6. The van der Waals surface area contributed by atoms with Crippen molar-refractivity contribution in [1.29, 1.82) is 0 Å². The molecule has 2 fully saturated rings. The van der Waals surface area contributed by atoms with Crippen molar-refractivity contribution in [1.82, 2.24) is 14.7 Å². The van der Waals surface area contributed by atoms with Crippen molar-refractivity contribution in [3.8, 4) is 0 Å². The smallest absolute Gasteiger partial charge is 0.475 e. The van der Waals surface area contributed by atoms with Gasteiger partial charge in [0.05, 0.1) is 10.5 Å². The summed E-state index contributed by atoms with van der Waals surface area (Å²) < 4.78 is 59.7. The van der Waals surface area contributed by atoms with Crippen LogP contribution in [0.1, 0.15) is 38.5 Å². The number of aliphatic carboxylic acids is 1. The first-order chi connectivity index (χ1) is 19.4. The number of anilines is 2. The average Bonchev–Trinajstić information content (AvgIpc) is 3.75. The van der Waals surface area contributed by atoms with E-state index in [2.05, 4.69) is 21.4 Å². The van der Waals surface area contributed by atoms with Gasteiger partial charge in [-0.15, -0.1) is 0 Å². The van der Waals surface area contributed by atoms with Gasteiger partial charge in [0.2, 0.25) is 16.0 Å². The molecule has 3 aromatic rings. The highest BCUT2D eigenvalue weighted by atomic mass is 35.5. The summed E-state index contributed by atoms with van der Waals surface area (Å²) in [6.45, 7) is 1.26. The fraction of sp³-hybridized carbons (Fsp3) is 0.444. The van der Waals surface area contributed by atoms with Crippen LogP contribution in [-0.2, 0) is 14.8 Å². The third-order valence-electron chi connectivity index (χ3n) is 6.97. The Morgan fingerprint density at radius 3 is 2.12 bits per heavy atom. The number of sulfonamides is 1. The van der Waals surface area contributed by atoms with E-state index in [1.54, 1.807) is 18.2 Å². The van der Waals surface area contributed by atoms with E-state index in [0.29, 0.717) is 30.4 Å². The van der Waals surface area contributed by atoms with Gasteiger partial charge in [-0.3, -0.25) is 0 Å². The molecule has 41 heavy (non-hydrogen) atoms. The fourth-order valence-corrected chi connectivity index (χ4v) is 6.16. The number of alkyl halides is 3. The Morgan fingerprint density at radius 2 is 1.51 bits per heavy atom. The van der Waals surface area contributed by atoms with Gasteiger partial charge in [-0.2, -0.15) is 18.2 Å². The summed E-state index contributed by atoms with van der Waals surface area (Å²) in [5, 5.41) is 15.4. The second kappa shape index (κ2) is 13.2. The number of hydrogen-bond donors (Lipinski definition) is 4. The van der Waals surface area contributed by atoms with E-state index in [9.17, 15) is 21.6 Å². The predicted molar refractivity (Wildman–Crippen MR) is 150 cm³/mol. The molecule has 0 aliphatic heterocycles. The van der Waals surface area contributed by atoms with Crippen molar-refractivity contribution in [2.45, 2.75) is 55.6 Å². The molecule has 0 atom stereocenters. The van der Waals surface area contributed by atoms with Crippen LogP contribution < -0.4 is 15.4 Å². The maximum atomic E-state index is 12.6. The van der Waals surface area contributed by atoms with Gasteiger partial charge < -0.3 is 15.7 Å². The monoisotopic (exact) mass is 613 g/mol. The Bertz CT molecular complexity index is 1460. The van der Waals surface area contributed by atoms with E-state index in [-0.39, 0.29) is 9.92 Å². The van der Waals surface area contributed by atoms with Crippen LogP contribution in [0.25, 0.3) is 10.9 Å². The lowest BCUT2D eigenvalue weighted by Crippen LogP contribution is -2.32. The third kappa shape index (κ3) is 8.91. The molecule has 2 saturated carbocycles. The van der Waals surface area contributed by atoms with E-state index in [0.717, 1.165) is 48.9 Å². The van der Waals surface area contributed by atoms with Crippen molar-refractivity contribution in [2.24, 2.45) is 11.8 Å². The molecule has 1 heterocycles. The zero-order valence-electron chi connectivity index (χ0n) is 22.0. The summed E-state index contributed by atoms with van der Waals surface area (Å²) in [5.41, 5.74) is 0.942. The SMILES string of the molecule is O=C(O)C(F)(F)F.O=S(=O)(NCC1CCC(CNc2nc(NC3CC3)c3ccccc3n2)CC1)c1ccccc1Cl. The summed E-state index contributed by atoms with van der Waals surface area (Å²) in [6, 6.07) is 15.2. The minimum atomic E-state index is -5.08. The van der Waals surface area contributed by atoms with Gasteiger partial charge in [0.25, 0.3) is 0 Å². The molecule has 4 N–H and O–H groups in total. The lowest BCUT2D eigenvalue weighted by molar-refractivity contribution is -0.192. The molecule has 222 valence electrons. The predicted octanol–water partition coefficient (Wildman–Crippen LogP) is 5.69. The van der Waals surface area contributed by atoms with Crippen molar-refractivity contribution in [3.05, 3.63) is 53.6 Å². The van der Waals surface area contributed by atoms with E-state index >= 15 is 0 Å². The fourth-order valence-electron chi connectivity index (χ4n) is 4.53. The van der Waals surface area contributed by atoms with Crippen LogP contribution in [0.4, 0.5) is 24.9 Å². The lowest BCUT2D eigenvalue weighted by atomic mass is 9.82. The molecule has 2 aliphatic rings. The zero-order valence-corrected chi connectivity index (χ0v) is 23.6. The van der Waals surface area contributed by atoms with Crippen LogP contribution in [0.5, 0.6) is 0 Å². The summed E-state index contributed by atoms with van der Waals surface area (Å²) in [6.07, 6.45) is 1.38. The van der Waals surface area contributed by atoms with Gasteiger partial charge >= 0.3 is 12.1 Å². The molecule has 0 unspecified atom stereocenters. The number of aromatic nitrogens is 2.